The van der Waals surface area contributed by atoms with Gasteiger partial charge < -0.3 is 16.0 Å². The van der Waals surface area contributed by atoms with E-state index in [1.54, 1.807) is 0 Å². The fourth-order valence-corrected chi connectivity index (χ4v) is 2.50. The molecule has 1 aromatic carbocycles. The van der Waals surface area contributed by atoms with Gasteiger partial charge in [-0.1, -0.05) is 18.2 Å². The molecule has 0 aromatic heterocycles. The van der Waals surface area contributed by atoms with E-state index in [1.165, 1.54) is 16.7 Å². The second-order valence-corrected chi connectivity index (χ2v) is 5.20. The fourth-order valence-electron chi connectivity index (χ4n) is 2.50. The van der Waals surface area contributed by atoms with E-state index in [4.69, 9.17) is 5.73 Å². The molecule has 0 aliphatic carbocycles. The van der Waals surface area contributed by atoms with E-state index in [0.29, 0.717) is 0 Å². The Kier molecular flexibility index (Phi) is 4.15. The zero-order chi connectivity index (χ0) is 12.3. The lowest BCUT2D eigenvalue weighted by atomic mass is 9.98. The van der Waals surface area contributed by atoms with Crippen molar-refractivity contribution in [1.82, 2.24) is 10.2 Å². The molecule has 1 heterocycles. The van der Waals surface area contributed by atoms with E-state index in [-0.39, 0.29) is 6.04 Å². The number of nitrogens with one attached hydrogen (secondary N) is 1. The van der Waals surface area contributed by atoms with Gasteiger partial charge in [0, 0.05) is 25.7 Å². The van der Waals surface area contributed by atoms with Gasteiger partial charge in [0.2, 0.25) is 0 Å². The van der Waals surface area contributed by atoms with E-state index < -0.39 is 0 Å². The quantitative estimate of drug-likeness (QED) is 0.818. The van der Waals surface area contributed by atoms with E-state index in [2.05, 4.69) is 35.5 Å². The SMILES string of the molecule is CC(N)CN(C)Cc1ccc2c(c1)CNCC2. The van der Waals surface area contributed by atoms with Gasteiger partial charge in [-0.05, 0) is 43.6 Å². The largest absolute Gasteiger partial charge is 0.327 e. The van der Waals surface area contributed by atoms with E-state index in [9.17, 15) is 0 Å². The molecule has 1 aromatic rings. The van der Waals surface area contributed by atoms with Gasteiger partial charge >= 0.3 is 0 Å². The molecule has 3 N–H and O–H groups in total. The van der Waals surface area contributed by atoms with Crippen molar-refractivity contribution in [3.05, 3.63) is 34.9 Å². The molecule has 1 unspecified atom stereocenters. The number of hydrogen-bond donors (Lipinski definition) is 2. The first-order valence-corrected chi connectivity index (χ1v) is 6.40. The van der Waals surface area contributed by atoms with E-state index in [0.717, 1.165) is 32.6 Å². The third-order valence-electron chi connectivity index (χ3n) is 3.21. The van der Waals surface area contributed by atoms with Crippen LogP contribution in [0.3, 0.4) is 0 Å². The third kappa shape index (κ3) is 3.53. The van der Waals surface area contributed by atoms with Crippen LogP contribution in [-0.2, 0) is 19.5 Å². The number of fused-ring (bicyclic) bond motifs is 1. The molecule has 0 saturated heterocycles. The molecule has 1 aliphatic rings. The molecule has 0 spiro atoms. The average molecular weight is 233 g/mol. The second kappa shape index (κ2) is 5.63. The molecular formula is C14H23N3. The van der Waals surface area contributed by atoms with Gasteiger partial charge in [-0.25, -0.2) is 0 Å². The average Bonchev–Trinajstić information content (AvgIpc) is 2.27. The van der Waals surface area contributed by atoms with Gasteiger partial charge in [0.25, 0.3) is 0 Å². The van der Waals surface area contributed by atoms with Crippen LogP contribution >= 0.6 is 0 Å². The number of hydrogen-bond acceptors (Lipinski definition) is 3. The van der Waals surface area contributed by atoms with Crippen LogP contribution in [0.4, 0.5) is 0 Å². The van der Waals surface area contributed by atoms with Gasteiger partial charge in [0.05, 0.1) is 0 Å². The minimum absolute atomic E-state index is 0.235. The molecule has 0 fully saturated rings. The fraction of sp³-hybridized carbons (Fsp3) is 0.571. The normalized spacial score (nSPS) is 16.9. The lowest BCUT2D eigenvalue weighted by Gasteiger charge is -2.21. The number of rotatable bonds is 4. The Morgan fingerprint density at radius 2 is 2.24 bits per heavy atom. The van der Waals surface area contributed by atoms with Crippen molar-refractivity contribution in [2.24, 2.45) is 5.73 Å². The summed E-state index contributed by atoms with van der Waals surface area (Å²) in [5.41, 5.74) is 10.2. The maximum Gasteiger partial charge on any atom is 0.0231 e. The molecule has 94 valence electrons. The van der Waals surface area contributed by atoms with Crippen molar-refractivity contribution in [1.29, 1.82) is 0 Å². The molecule has 0 saturated carbocycles. The topological polar surface area (TPSA) is 41.3 Å². The smallest absolute Gasteiger partial charge is 0.0231 e. The minimum Gasteiger partial charge on any atom is -0.327 e. The summed E-state index contributed by atoms with van der Waals surface area (Å²) in [7, 11) is 2.13. The van der Waals surface area contributed by atoms with Crippen LogP contribution in [0.15, 0.2) is 18.2 Å². The molecular weight excluding hydrogens is 210 g/mol. The molecule has 1 atom stereocenters. The van der Waals surface area contributed by atoms with Gasteiger partial charge in [0.15, 0.2) is 0 Å². The molecule has 0 radical (unpaired) electrons. The Labute approximate surface area is 104 Å². The van der Waals surface area contributed by atoms with Gasteiger partial charge in [0.1, 0.15) is 0 Å². The molecule has 3 nitrogen and oxygen atoms in total. The second-order valence-electron chi connectivity index (χ2n) is 5.20. The van der Waals surface area contributed by atoms with Gasteiger partial charge in [-0.15, -0.1) is 0 Å². The highest BCUT2D eigenvalue weighted by atomic mass is 15.1. The summed E-state index contributed by atoms with van der Waals surface area (Å²) in [5.74, 6) is 0. The van der Waals surface area contributed by atoms with Crippen molar-refractivity contribution in [3.63, 3.8) is 0 Å². The number of nitrogens with zero attached hydrogens (tertiary/aromatic N) is 1. The highest BCUT2D eigenvalue weighted by Crippen LogP contribution is 2.16. The first-order valence-electron chi connectivity index (χ1n) is 6.40. The van der Waals surface area contributed by atoms with Gasteiger partial charge in [-0.2, -0.15) is 0 Å². The first kappa shape index (κ1) is 12.6. The highest BCUT2D eigenvalue weighted by molar-refractivity contribution is 5.33. The van der Waals surface area contributed by atoms with Crippen LogP contribution in [0.5, 0.6) is 0 Å². The summed E-state index contributed by atoms with van der Waals surface area (Å²) in [6, 6.07) is 7.10. The zero-order valence-corrected chi connectivity index (χ0v) is 10.9. The number of nitrogens with two attached hydrogens (primary N) is 1. The molecule has 3 heteroatoms. The Morgan fingerprint density at radius 3 is 3.00 bits per heavy atom. The van der Waals surface area contributed by atoms with E-state index in [1.807, 2.05) is 6.92 Å². The number of likely N-dealkylation sites (N-methyl/N-ethyl adjacent to an activating group) is 1. The van der Waals surface area contributed by atoms with E-state index >= 15 is 0 Å². The summed E-state index contributed by atoms with van der Waals surface area (Å²) in [6.07, 6.45) is 1.16. The third-order valence-corrected chi connectivity index (χ3v) is 3.21. The number of benzene rings is 1. The van der Waals surface area contributed by atoms with Crippen LogP contribution in [0.25, 0.3) is 0 Å². The van der Waals surface area contributed by atoms with Crippen LogP contribution in [0, 0.1) is 0 Å². The lowest BCUT2D eigenvalue weighted by Crippen LogP contribution is -2.32. The maximum atomic E-state index is 5.81. The van der Waals surface area contributed by atoms with Crippen molar-refractivity contribution in [3.8, 4) is 0 Å². The monoisotopic (exact) mass is 233 g/mol. The standard InChI is InChI=1S/C14H23N3/c1-11(15)9-17(2)10-12-3-4-13-5-6-16-8-14(13)7-12/h3-4,7,11,16H,5-6,8-10,15H2,1-2H3. The molecule has 0 bridgehead atoms. The van der Waals surface area contributed by atoms with Crippen molar-refractivity contribution < 1.29 is 0 Å². The molecule has 0 amide bonds. The summed E-state index contributed by atoms with van der Waals surface area (Å²) in [4.78, 5) is 2.28. The Hall–Kier alpha value is -0.900. The van der Waals surface area contributed by atoms with Crippen LogP contribution in [0.1, 0.15) is 23.6 Å². The Balaban J connectivity index is 2.01. The predicted molar refractivity (Wildman–Crippen MR) is 71.8 cm³/mol. The molecule has 2 rings (SSSR count). The summed E-state index contributed by atoms with van der Waals surface area (Å²) >= 11 is 0. The molecule has 17 heavy (non-hydrogen) atoms. The summed E-state index contributed by atoms with van der Waals surface area (Å²) < 4.78 is 0. The Morgan fingerprint density at radius 1 is 1.41 bits per heavy atom. The van der Waals surface area contributed by atoms with Crippen LogP contribution in [0.2, 0.25) is 0 Å². The minimum atomic E-state index is 0.235. The first-order chi connectivity index (χ1) is 8.15. The lowest BCUT2D eigenvalue weighted by molar-refractivity contribution is 0.310. The Bertz CT molecular complexity index is 374. The maximum absolute atomic E-state index is 5.81. The predicted octanol–water partition coefficient (Wildman–Crippen LogP) is 1.11. The summed E-state index contributed by atoms with van der Waals surface area (Å²) in [6.45, 7) is 6.09. The van der Waals surface area contributed by atoms with Crippen molar-refractivity contribution in [2.45, 2.75) is 32.5 Å². The molecule has 1 aliphatic heterocycles. The zero-order valence-electron chi connectivity index (χ0n) is 10.9. The van der Waals surface area contributed by atoms with Crippen LogP contribution < -0.4 is 11.1 Å². The van der Waals surface area contributed by atoms with Crippen molar-refractivity contribution in [2.75, 3.05) is 20.1 Å². The van der Waals surface area contributed by atoms with Crippen molar-refractivity contribution >= 4 is 0 Å². The van der Waals surface area contributed by atoms with Crippen LogP contribution in [-0.4, -0.2) is 31.1 Å². The highest BCUT2D eigenvalue weighted by Gasteiger charge is 2.10. The summed E-state index contributed by atoms with van der Waals surface area (Å²) in [5, 5.41) is 3.42. The van der Waals surface area contributed by atoms with Gasteiger partial charge in [-0.3, -0.25) is 0 Å².